The van der Waals surface area contributed by atoms with Gasteiger partial charge in [0.25, 0.3) is 0 Å². The topological polar surface area (TPSA) is 9.23 Å². The summed E-state index contributed by atoms with van der Waals surface area (Å²) >= 11 is 0. The number of unbranched alkanes of at least 4 members (excludes halogenated alkanes) is 2. The number of benzene rings is 2. The van der Waals surface area contributed by atoms with Crippen molar-refractivity contribution in [1.82, 2.24) is 0 Å². The van der Waals surface area contributed by atoms with E-state index in [1.54, 1.807) is 12.1 Å². The second kappa shape index (κ2) is 10.6. The molecule has 1 aliphatic carbocycles. The van der Waals surface area contributed by atoms with Crippen molar-refractivity contribution in [2.75, 3.05) is 7.11 Å². The molecule has 0 heterocycles. The van der Waals surface area contributed by atoms with Crippen LogP contribution in [0, 0.1) is 11.7 Å². The van der Waals surface area contributed by atoms with Crippen molar-refractivity contribution in [3.05, 3.63) is 58.9 Å². The Morgan fingerprint density at radius 1 is 0.935 bits per heavy atom. The Morgan fingerprint density at radius 2 is 1.61 bits per heavy atom. The van der Waals surface area contributed by atoms with E-state index in [-0.39, 0.29) is 17.7 Å². The van der Waals surface area contributed by atoms with Gasteiger partial charge in [0.2, 0.25) is 0 Å². The van der Waals surface area contributed by atoms with Crippen LogP contribution in [0.25, 0.3) is 11.1 Å². The molecule has 0 atom stereocenters. The summed E-state index contributed by atoms with van der Waals surface area (Å²) in [7, 11) is 1.30. The number of hydrogen-bond donors (Lipinski definition) is 0. The number of ether oxygens (including phenoxy) is 1. The Kier molecular flexibility index (Phi) is 8.15. The lowest BCUT2D eigenvalue weighted by Crippen LogP contribution is -2.14. The average Bonchev–Trinajstić information content (AvgIpc) is 2.74. The SMILES string of the molecule is CCCCCC1CCC(c2ccc(-c3ccc(COC)c(C(F)(F)F)c3F)cc2)CC1. The van der Waals surface area contributed by atoms with Gasteiger partial charge >= 0.3 is 6.18 Å². The summed E-state index contributed by atoms with van der Waals surface area (Å²) in [5.74, 6) is 0.0705. The van der Waals surface area contributed by atoms with Gasteiger partial charge in [-0.1, -0.05) is 69.0 Å². The molecule has 1 aliphatic rings. The van der Waals surface area contributed by atoms with Crippen molar-refractivity contribution in [2.24, 2.45) is 5.92 Å². The summed E-state index contributed by atoms with van der Waals surface area (Å²) in [4.78, 5) is 0. The van der Waals surface area contributed by atoms with E-state index < -0.39 is 17.6 Å². The Labute approximate surface area is 182 Å². The minimum atomic E-state index is -4.77. The summed E-state index contributed by atoms with van der Waals surface area (Å²) in [5, 5.41) is 0. The number of halogens is 4. The van der Waals surface area contributed by atoms with Gasteiger partial charge in [0.1, 0.15) is 5.82 Å². The molecule has 170 valence electrons. The van der Waals surface area contributed by atoms with Crippen LogP contribution in [-0.4, -0.2) is 7.11 Å². The Bertz CT molecular complexity index is 834. The fraction of sp³-hybridized carbons (Fsp3) is 0.538. The summed E-state index contributed by atoms with van der Waals surface area (Å²) in [6.45, 7) is 1.94. The summed E-state index contributed by atoms with van der Waals surface area (Å²) in [6, 6.07) is 10.1. The van der Waals surface area contributed by atoms with Crippen LogP contribution >= 0.6 is 0 Å². The zero-order valence-corrected chi connectivity index (χ0v) is 18.4. The molecule has 0 N–H and O–H groups in total. The minimum absolute atomic E-state index is 0.0293. The van der Waals surface area contributed by atoms with Gasteiger partial charge < -0.3 is 4.74 Å². The first-order chi connectivity index (χ1) is 14.8. The summed E-state index contributed by atoms with van der Waals surface area (Å²) < 4.78 is 60.1. The fourth-order valence-electron chi connectivity index (χ4n) is 4.82. The highest BCUT2D eigenvalue weighted by molar-refractivity contribution is 5.66. The molecule has 0 unspecified atom stereocenters. The van der Waals surface area contributed by atoms with E-state index in [0.717, 1.165) is 18.8 Å². The van der Waals surface area contributed by atoms with Crippen LogP contribution in [0.2, 0.25) is 0 Å². The first-order valence-corrected chi connectivity index (χ1v) is 11.3. The van der Waals surface area contributed by atoms with E-state index in [2.05, 4.69) is 6.92 Å². The Hall–Kier alpha value is -1.88. The van der Waals surface area contributed by atoms with Crippen LogP contribution in [0.4, 0.5) is 17.6 Å². The smallest absolute Gasteiger partial charge is 0.380 e. The zero-order valence-electron chi connectivity index (χ0n) is 18.4. The number of rotatable bonds is 8. The van der Waals surface area contributed by atoms with E-state index >= 15 is 0 Å². The Morgan fingerprint density at radius 3 is 2.19 bits per heavy atom. The van der Waals surface area contributed by atoms with E-state index in [9.17, 15) is 17.6 Å². The summed E-state index contributed by atoms with van der Waals surface area (Å²) in [5.41, 5.74) is 0.200. The number of alkyl halides is 3. The molecule has 0 saturated heterocycles. The highest BCUT2D eigenvalue weighted by Crippen LogP contribution is 2.40. The number of methoxy groups -OCH3 is 1. The van der Waals surface area contributed by atoms with E-state index in [4.69, 9.17) is 4.74 Å². The molecular weight excluding hydrogens is 404 g/mol. The highest BCUT2D eigenvalue weighted by atomic mass is 19.4. The largest absolute Gasteiger partial charge is 0.419 e. The number of hydrogen-bond acceptors (Lipinski definition) is 1. The predicted molar refractivity (Wildman–Crippen MR) is 116 cm³/mol. The average molecular weight is 437 g/mol. The fourth-order valence-corrected chi connectivity index (χ4v) is 4.82. The molecule has 1 nitrogen and oxygen atoms in total. The van der Waals surface area contributed by atoms with Gasteiger partial charge in [-0.05, 0) is 54.2 Å². The van der Waals surface area contributed by atoms with Crippen LogP contribution in [-0.2, 0) is 17.5 Å². The van der Waals surface area contributed by atoms with Crippen molar-refractivity contribution < 1.29 is 22.3 Å². The molecule has 0 bridgehead atoms. The molecule has 31 heavy (non-hydrogen) atoms. The predicted octanol–water partition coefficient (Wildman–Crippen LogP) is 8.51. The van der Waals surface area contributed by atoms with Crippen LogP contribution in [0.1, 0.15) is 80.9 Å². The van der Waals surface area contributed by atoms with Crippen molar-refractivity contribution in [3.63, 3.8) is 0 Å². The molecule has 0 amide bonds. The first-order valence-electron chi connectivity index (χ1n) is 11.3. The molecule has 1 fully saturated rings. The second-order valence-corrected chi connectivity index (χ2v) is 8.73. The molecule has 0 radical (unpaired) electrons. The molecule has 0 aliphatic heterocycles. The molecule has 3 rings (SSSR count). The standard InChI is InChI=1S/C26H32F4O/c1-3-4-5-6-18-7-9-19(10-8-18)20-11-13-21(14-12-20)23-16-15-22(17-31-2)24(25(23)27)26(28,29)30/h11-16,18-19H,3-10,17H2,1-2H3. The van der Waals surface area contributed by atoms with Crippen molar-refractivity contribution in [3.8, 4) is 11.1 Å². The lowest BCUT2D eigenvalue weighted by atomic mass is 9.77. The van der Waals surface area contributed by atoms with E-state index in [1.807, 2.05) is 12.1 Å². The van der Waals surface area contributed by atoms with Crippen LogP contribution < -0.4 is 0 Å². The maximum atomic E-state index is 14.9. The maximum Gasteiger partial charge on any atom is 0.419 e. The van der Waals surface area contributed by atoms with Crippen LogP contribution in [0.5, 0.6) is 0 Å². The quantitative estimate of drug-likeness (QED) is 0.298. The molecule has 1 saturated carbocycles. The van der Waals surface area contributed by atoms with E-state index in [1.165, 1.54) is 63.3 Å². The Balaban J connectivity index is 1.74. The van der Waals surface area contributed by atoms with Gasteiger partial charge in [0, 0.05) is 12.7 Å². The molecule has 2 aromatic rings. The van der Waals surface area contributed by atoms with Crippen LogP contribution in [0.3, 0.4) is 0 Å². The van der Waals surface area contributed by atoms with E-state index in [0.29, 0.717) is 11.5 Å². The molecule has 0 aromatic heterocycles. The second-order valence-electron chi connectivity index (χ2n) is 8.73. The van der Waals surface area contributed by atoms with Gasteiger partial charge in [0.05, 0.1) is 12.2 Å². The van der Waals surface area contributed by atoms with Gasteiger partial charge in [-0.3, -0.25) is 0 Å². The van der Waals surface area contributed by atoms with Crippen LogP contribution in [0.15, 0.2) is 36.4 Å². The molecule has 5 heteroatoms. The normalized spacial score (nSPS) is 19.5. The first kappa shape index (κ1) is 23.8. The van der Waals surface area contributed by atoms with Crippen molar-refractivity contribution >= 4 is 0 Å². The van der Waals surface area contributed by atoms with Gasteiger partial charge in [0.15, 0.2) is 0 Å². The third-order valence-electron chi connectivity index (χ3n) is 6.57. The maximum absolute atomic E-state index is 14.9. The molecule has 2 aromatic carbocycles. The summed E-state index contributed by atoms with van der Waals surface area (Å²) in [6.07, 6.45) is 5.19. The minimum Gasteiger partial charge on any atom is -0.380 e. The lowest BCUT2D eigenvalue weighted by molar-refractivity contribution is -0.141. The highest BCUT2D eigenvalue weighted by Gasteiger charge is 2.38. The molecular formula is C26H32F4O. The zero-order chi connectivity index (χ0) is 22.4. The van der Waals surface area contributed by atoms with Crippen molar-refractivity contribution in [2.45, 2.75) is 77.0 Å². The van der Waals surface area contributed by atoms with Gasteiger partial charge in [-0.15, -0.1) is 0 Å². The van der Waals surface area contributed by atoms with Crippen molar-refractivity contribution in [1.29, 1.82) is 0 Å². The lowest BCUT2D eigenvalue weighted by Gasteiger charge is -2.29. The third kappa shape index (κ3) is 5.88. The molecule has 0 spiro atoms. The van der Waals surface area contributed by atoms with Gasteiger partial charge in [-0.25, -0.2) is 4.39 Å². The van der Waals surface area contributed by atoms with Gasteiger partial charge in [-0.2, -0.15) is 13.2 Å². The monoisotopic (exact) mass is 436 g/mol. The third-order valence-corrected chi connectivity index (χ3v) is 6.57.